The fourth-order valence-electron chi connectivity index (χ4n) is 13.6. The maximum Gasteiger partial charge on any atom is 0.338 e. The van der Waals surface area contributed by atoms with Crippen molar-refractivity contribution >= 4 is 112 Å². The van der Waals surface area contributed by atoms with E-state index in [4.69, 9.17) is 89.1 Å². The molecule has 4 bridgehead atoms. The number of rotatable bonds is 20. The Kier molecular flexibility index (Phi) is 17.5. The molecule has 458 valence electrons. The molecule has 4 atom stereocenters. The summed E-state index contributed by atoms with van der Waals surface area (Å²) in [6, 6.07) is 18.4. The molecular formula is C65H68Cl4N6O10S2. The van der Waals surface area contributed by atoms with Crippen LogP contribution < -0.4 is 20.1 Å². The molecule has 16 nitrogen and oxygen atoms in total. The first-order valence-corrected chi connectivity index (χ1v) is 33.3. The summed E-state index contributed by atoms with van der Waals surface area (Å²) in [6.45, 7) is 8.60. The lowest BCUT2D eigenvalue weighted by molar-refractivity contribution is -0.00459. The Morgan fingerprint density at radius 1 is 0.598 bits per heavy atom. The molecule has 6 saturated carbocycles. The van der Waals surface area contributed by atoms with Crippen LogP contribution in [-0.4, -0.2) is 80.9 Å². The molecule has 3 N–H and O–H groups in total. The number of nitrogens with one attached hydrogen (secondary N) is 2. The SMILES string of the molecule is CC(C)Oc1cc(C(=O)O)cc2sc(NC3C4CCC3CC(OCc3c(-c5c(Cl)cccc5Cl)noc3C3CC3)C4)nc12.COC(=O)c1cc(OC(C)C)c2nc(NC3C4CCC3CC(OCc3c(-c5c(Cl)cccc5Cl)noc3C3CC3)C4)sc2c1. The number of methoxy groups -OCH3 is 1. The molecule has 6 aliphatic rings. The van der Waals surface area contributed by atoms with Gasteiger partial charge in [-0.25, -0.2) is 19.6 Å². The summed E-state index contributed by atoms with van der Waals surface area (Å²) in [7, 11) is 1.39. The van der Waals surface area contributed by atoms with Crippen LogP contribution in [0.15, 0.2) is 69.7 Å². The van der Waals surface area contributed by atoms with Crippen LogP contribution in [0.5, 0.6) is 11.5 Å². The van der Waals surface area contributed by atoms with Gasteiger partial charge in [-0.3, -0.25) is 0 Å². The molecule has 14 rings (SSSR count). The first kappa shape index (κ1) is 60.2. The van der Waals surface area contributed by atoms with Gasteiger partial charge in [-0.05, 0) is 177 Å². The van der Waals surface area contributed by atoms with Gasteiger partial charge in [-0.2, -0.15) is 0 Å². The number of benzene rings is 4. The summed E-state index contributed by atoms with van der Waals surface area (Å²) in [6.07, 6.45) is 12.9. The van der Waals surface area contributed by atoms with E-state index in [0.29, 0.717) is 126 Å². The van der Waals surface area contributed by atoms with E-state index in [-0.39, 0.29) is 30.0 Å². The van der Waals surface area contributed by atoms with Crippen molar-refractivity contribution in [2.45, 2.75) is 166 Å². The second kappa shape index (κ2) is 25.3. The van der Waals surface area contributed by atoms with Crippen molar-refractivity contribution in [3.63, 3.8) is 0 Å². The number of halogens is 4. The first-order valence-electron chi connectivity index (χ1n) is 30.2. The molecule has 4 heterocycles. The van der Waals surface area contributed by atoms with Crippen molar-refractivity contribution in [3.05, 3.63) is 115 Å². The van der Waals surface area contributed by atoms with Crippen molar-refractivity contribution in [3.8, 4) is 34.0 Å². The molecule has 4 aromatic heterocycles. The minimum Gasteiger partial charge on any atom is -0.489 e. The first-order chi connectivity index (χ1) is 42.0. The Labute approximate surface area is 532 Å². The Balaban J connectivity index is 0.000000161. The fraction of sp³-hybridized carbons (Fsp3) is 0.477. The lowest BCUT2D eigenvalue weighted by Crippen LogP contribution is -2.39. The number of anilines is 2. The number of fused-ring (bicyclic) bond motifs is 6. The van der Waals surface area contributed by atoms with Gasteiger partial charge in [0.05, 0.1) is 85.4 Å². The monoisotopic (exact) mass is 1300 g/mol. The minimum absolute atomic E-state index is 0.0498. The van der Waals surface area contributed by atoms with E-state index in [1.165, 1.54) is 18.4 Å². The lowest BCUT2D eigenvalue weighted by atomic mass is 9.82. The number of carbonyl (C=O) groups excluding carboxylic acids is 1. The number of esters is 1. The van der Waals surface area contributed by atoms with Crippen molar-refractivity contribution in [1.29, 1.82) is 0 Å². The number of aromatic carboxylic acids is 1. The number of aromatic nitrogens is 4. The molecule has 0 radical (unpaired) electrons. The Hall–Kier alpha value is -5.70. The van der Waals surface area contributed by atoms with Gasteiger partial charge in [0.15, 0.2) is 10.3 Å². The predicted octanol–water partition coefficient (Wildman–Crippen LogP) is 17.7. The van der Waals surface area contributed by atoms with Gasteiger partial charge < -0.3 is 48.5 Å². The molecule has 8 aromatic rings. The third kappa shape index (κ3) is 12.8. The van der Waals surface area contributed by atoms with Gasteiger partial charge >= 0.3 is 11.9 Å². The molecular weight excluding hydrogens is 1230 g/mol. The van der Waals surface area contributed by atoms with Crippen LogP contribution in [0.1, 0.15) is 160 Å². The van der Waals surface area contributed by atoms with E-state index in [2.05, 4.69) is 20.9 Å². The molecule has 0 spiro atoms. The zero-order chi connectivity index (χ0) is 60.4. The molecule has 0 amide bonds. The van der Waals surface area contributed by atoms with Crippen LogP contribution in [0, 0.1) is 23.7 Å². The molecule has 6 fully saturated rings. The second-order valence-corrected chi connectivity index (χ2v) is 28.3. The molecule has 87 heavy (non-hydrogen) atoms. The van der Waals surface area contributed by atoms with Gasteiger partial charge in [0.1, 0.15) is 45.4 Å². The van der Waals surface area contributed by atoms with Crippen molar-refractivity contribution < 1.29 is 47.4 Å². The number of hydrogen-bond donors (Lipinski definition) is 3. The van der Waals surface area contributed by atoms with Gasteiger partial charge in [0, 0.05) is 46.2 Å². The van der Waals surface area contributed by atoms with Gasteiger partial charge in [-0.15, -0.1) is 0 Å². The quantitative estimate of drug-likeness (QED) is 0.0608. The Morgan fingerprint density at radius 2 is 0.989 bits per heavy atom. The molecule has 22 heteroatoms. The van der Waals surface area contributed by atoms with Crippen LogP contribution in [0.25, 0.3) is 42.9 Å². The van der Waals surface area contributed by atoms with Gasteiger partial charge in [0.25, 0.3) is 0 Å². The molecule has 4 unspecified atom stereocenters. The second-order valence-electron chi connectivity index (χ2n) is 24.6. The minimum atomic E-state index is -0.979. The van der Waals surface area contributed by atoms with Crippen LogP contribution >= 0.6 is 69.1 Å². The highest BCUT2D eigenvalue weighted by Gasteiger charge is 2.46. The number of carboxylic acids is 1. The number of thiazole rings is 2. The third-order valence-electron chi connectivity index (χ3n) is 17.9. The zero-order valence-corrected chi connectivity index (χ0v) is 53.5. The van der Waals surface area contributed by atoms with Crippen molar-refractivity contribution in [2.75, 3.05) is 17.7 Å². The van der Waals surface area contributed by atoms with Crippen LogP contribution in [0.2, 0.25) is 20.1 Å². The van der Waals surface area contributed by atoms with Crippen molar-refractivity contribution in [1.82, 2.24) is 20.3 Å². The van der Waals surface area contributed by atoms with E-state index >= 15 is 0 Å². The summed E-state index contributed by atoms with van der Waals surface area (Å²) < 4.78 is 43.5. The Morgan fingerprint density at radius 3 is 1.36 bits per heavy atom. The van der Waals surface area contributed by atoms with E-state index in [0.717, 1.165) is 125 Å². The highest BCUT2D eigenvalue weighted by Crippen LogP contribution is 2.51. The van der Waals surface area contributed by atoms with Crippen LogP contribution in [0.4, 0.5) is 10.3 Å². The average molecular weight is 1300 g/mol. The summed E-state index contributed by atoms with van der Waals surface area (Å²) in [5, 5.41) is 29.8. The molecule has 0 aliphatic heterocycles. The number of nitrogens with zero attached hydrogens (tertiary/aromatic N) is 4. The fourth-order valence-corrected chi connectivity index (χ4v) is 16.7. The van der Waals surface area contributed by atoms with Crippen LogP contribution in [-0.2, 0) is 27.4 Å². The standard InChI is InChI=1S/C33H35Cl2N3O5S.C32H33Cl2N3O5S/c1-16(2)42-25-13-20(32(39)40-3)14-26-30(25)37-33(44-26)36-28-18-9-10-19(28)12-21(11-18)41-15-22-29(38-43-31(22)17-7-8-17)27-23(34)5-4-6-24(27)35;1-15(2)41-24-12-19(31(38)39)13-25-29(24)36-32(43-25)35-27-17-8-9-18(27)11-20(10-17)40-14-21-28(37-42-30(21)16-6-7-16)26-22(33)4-3-5-23(26)34/h4-6,13-14,16-19,21,28H,7-12,15H2,1-3H3,(H,36,37);3-5,12-13,15-18,20,27H,6-11,14H2,1-2H3,(H,35,36)(H,38,39). The summed E-state index contributed by atoms with van der Waals surface area (Å²) in [5.41, 5.74) is 6.82. The number of ether oxygens (including phenoxy) is 5. The molecule has 6 aliphatic carbocycles. The van der Waals surface area contributed by atoms with Crippen LogP contribution in [0.3, 0.4) is 0 Å². The largest absolute Gasteiger partial charge is 0.489 e. The highest BCUT2D eigenvalue weighted by molar-refractivity contribution is 7.22. The smallest absolute Gasteiger partial charge is 0.338 e. The highest BCUT2D eigenvalue weighted by atomic mass is 35.5. The number of carboxylic acid groups (broad SMARTS) is 1. The number of carbonyl (C=O) groups is 2. The summed E-state index contributed by atoms with van der Waals surface area (Å²) >= 11 is 29.2. The topological polar surface area (TPSA) is 202 Å². The third-order valence-corrected chi connectivity index (χ3v) is 21.0. The van der Waals surface area contributed by atoms with Gasteiger partial charge in [0.2, 0.25) is 0 Å². The predicted molar refractivity (Wildman–Crippen MR) is 340 cm³/mol. The van der Waals surface area contributed by atoms with Gasteiger partial charge in [-0.1, -0.05) is 91.5 Å². The summed E-state index contributed by atoms with van der Waals surface area (Å²) in [5.74, 6) is 4.17. The van der Waals surface area contributed by atoms with E-state index in [1.54, 1.807) is 29.5 Å². The maximum absolute atomic E-state index is 12.3. The Bertz CT molecular complexity index is 3810. The zero-order valence-electron chi connectivity index (χ0n) is 48.8. The number of hydrogen-bond acceptors (Lipinski definition) is 17. The summed E-state index contributed by atoms with van der Waals surface area (Å²) in [4.78, 5) is 33.8. The van der Waals surface area contributed by atoms with E-state index < -0.39 is 11.9 Å². The normalized spacial score (nSPS) is 23.1. The maximum atomic E-state index is 12.3. The van der Waals surface area contributed by atoms with E-state index in [9.17, 15) is 14.7 Å². The van der Waals surface area contributed by atoms with Crippen molar-refractivity contribution in [2.24, 2.45) is 23.7 Å². The molecule has 0 saturated heterocycles. The van der Waals surface area contributed by atoms with E-state index in [1.807, 2.05) is 70.2 Å². The molecule has 4 aromatic carbocycles. The lowest BCUT2D eigenvalue weighted by Gasteiger charge is -2.35. The average Bonchev–Trinajstić information content (AvgIpc) is 1.78.